The van der Waals surface area contributed by atoms with Crippen molar-refractivity contribution in [1.82, 2.24) is 14.7 Å². The number of benzene rings is 1. The highest BCUT2D eigenvalue weighted by atomic mass is 16.3. The number of hydrogen-bond donors (Lipinski definition) is 2. The Bertz CT molecular complexity index is 678. The van der Waals surface area contributed by atoms with Gasteiger partial charge in [0.15, 0.2) is 5.82 Å². The van der Waals surface area contributed by atoms with Crippen molar-refractivity contribution in [2.45, 2.75) is 25.4 Å². The number of nitrogens with one attached hydrogen (secondary N) is 1. The van der Waals surface area contributed by atoms with Crippen LogP contribution in [0.4, 0.5) is 5.82 Å². The number of hydrogen-bond acceptors (Lipinski definition) is 4. The van der Waals surface area contributed by atoms with Gasteiger partial charge in [-0.25, -0.2) is 0 Å². The van der Waals surface area contributed by atoms with Gasteiger partial charge in [0.05, 0.1) is 12.6 Å². The van der Waals surface area contributed by atoms with Gasteiger partial charge in [-0.2, -0.15) is 5.10 Å². The maximum absolute atomic E-state index is 12.1. The molecule has 0 unspecified atom stereocenters. The molecule has 0 spiro atoms. The number of likely N-dealkylation sites (tertiary alicyclic amines) is 1. The molecule has 2 aromatic rings. The van der Waals surface area contributed by atoms with E-state index in [-0.39, 0.29) is 12.0 Å². The van der Waals surface area contributed by atoms with E-state index in [0.29, 0.717) is 24.7 Å². The Morgan fingerprint density at radius 1 is 1.28 bits per heavy atom. The Morgan fingerprint density at radius 2 is 2.00 bits per heavy atom. The summed E-state index contributed by atoms with van der Waals surface area (Å²) >= 11 is 0. The van der Waals surface area contributed by atoms with Crippen molar-refractivity contribution < 1.29 is 9.90 Å². The van der Waals surface area contributed by atoms with Crippen LogP contribution in [0.25, 0.3) is 0 Å². The predicted octanol–water partition coefficient (Wildman–Crippen LogP) is 1.67. The smallest absolute Gasteiger partial charge is 0.239 e. The summed E-state index contributed by atoms with van der Waals surface area (Å²) in [5, 5.41) is 17.5. The van der Waals surface area contributed by atoms with Crippen LogP contribution in [0.1, 0.15) is 18.4 Å². The molecule has 1 aromatic heterocycles. The highest BCUT2D eigenvalue weighted by Gasteiger charge is 2.26. The lowest BCUT2D eigenvalue weighted by atomic mass is 9.88. The number of nitrogens with zero attached hydrogens (tertiary/aromatic N) is 3. The van der Waals surface area contributed by atoms with Crippen LogP contribution in [0, 0.1) is 5.92 Å². The van der Waals surface area contributed by atoms with E-state index < -0.39 is 0 Å². The molecule has 1 fully saturated rings. The van der Waals surface area contributed by atoms with E-state index in [1.165, 1.54) is 5.56 Å². The second-order valence-electron chi connectivity index (χ2n) is 6.79. The van der Waals surface area contributed by atoms with Gasteiger partial charge in [-0.05, 0) is 43.8 Å². The lowest BCUT2D eigenvalue weighted by Gasteiger charge is -2.33. The molecule has 0 bridgehead atoms. The molecule has 2 N–H and O–H groups in total. The number of carbonyl (C=O) groups excluding carboxylic acids is 1. The van der Waals surface area contributed by atoms with Crippen molar-refractivity contribution in [3.63, 3.8) is 0 Å². The summed E-state index contributed by atoms with van der Waals surface area (Å²) in [6.07, 6.45) is 4.03. The van der Waals surface area contributed by atoms with E-state index in [2.05, 4.69) is 27.4 Å². The Hall–Kier alpha value is -2.18. The zero-order chi connectivity index (χ0) is 17.6. The number of aliphatic hydroxyl groups is 1. The minimum atomic E-state index is -0.313. The third-order valence-electron chi connectivity index (χ3n) is 4.81. The van der Waals surface area contributed by atoms with Crippen LogP contribution in [0.3, 0.4) is 0 Å². The molecule has 0 saturated carbocycles. The van der Waals surface area contributed by atoms with E-state index >= 15 is 0 Å². The summed E-state index contributed by atoms with van der Waals surface area (Å²) < 4.78 is 1.66. The summed E-state index contributed by atoms with van der Waals surface area (Å²) in [6.45, 7) is 2.05. The third kappa shape index (κ3) is 5.14. The zero-order valence-electron chi connectivity index (χ0n) is 14.6. The number of aliphatic hydroxyl groups excluding tert-OH is 1. The molecule has 6 nitrogen and oxygen atoms in total. The van der Waals surface area contributed by atoms with Crippen LogP contribution in [-0.2, 0) is 18.3 Å². The van der Waals surface area contributed by atoms with Crippen molar-refractivity contribution in [2.24, 2.45) is 13.0 Å². The first-order valence-corrected chi connectivity index (χ1v) is 8.84. The largest absolute Gasteiger partial charge is 0.392 e. The minimum Gasteiger partial charge on any atom is -0.392 e. The molecule has 1 aliphatic heterocycles. The fourth-order valence-electron chi connectivity index (χ4n) is 3.39. The normalized spacial score (nSPS) is 17.4. The highest BCUT2D eigenvalue weighted by Crippen LogP contribution is 2.23. The molecule has 1 saturated heterocycles. The second-order valence-corrected chi connectivity index (χ2v) is 6.79. The molecular formula is C19H26N4O2. The van der Waals surface area contributed by atoms with Gasteiger partial charge >= 0.3 is 0 Å². The van der Waals surface area contributed by atoms with Crippen LogP contribution >= 0.6 is 0 Å². The molecule has 3 rings (SSSR count). The van der Waals surface area contributed by atoms with Gasteiger partial charge in [0.1, 0.15) is 0 Å². The van der Waals surface area contributed by atoms with E-state index in [1.54, 1.807) is 16.9 Å². The van der Waals surface area contributed by atoms with Gasteiger partial charge in [0, 0.05) is 19.3 Å². The average Bonchev–Trinajstić information content (AvgIpc) is 3.01. The summed E-state index contributed by atoms with van der Waals surface area (Å²) in [5.74, 6) is 0.845. The van der Waals surface area contributed by atoms with Gasteiger partial charge < -0.3 is 10.4 Å². The fourth-order valence-corrected chi connectivity index (χ4v) is 3.39. The minimum absolute atomic E-state index is 0.0398. The molecule has 1 aromatic carbocycles. The number of rotatable bonds is 6. The predicted molar refractivity (Wildman–Crippen MR) is 97.2 cm³/mol. The summed E-state index contributed by atoms with van der Waals surface area (Å²) in [5.41, 5.74) is 1.17. The first kappa shape index (κ1) is 17.6. The van der Waals surface area contributed by atoms with Gasteiger partial charge in [0.2, 0.25) is 5.91 Å². The monoisotopic (exact) mass is 342 g/mol. The number of carbonyl (C=O) groups is 1. The second kappa shape index (κ2) is 8.27. The standard InChI is InChI=1S/C19H26N4O2/c1-22-10-9-18(21-22)20-19(25)14-23-11-7-16(8-12-23)17(24)13-15-5-3-2-4-6-15/h2-6,9-10,16-17,24H,7-8,11-14H2,1H3,(H,20,21,25)/t17-/m1/s1. The molecule has 1 atom stereocenters. The Morgan fingerprint density at radius 3 is 2.64 bits per heavy atom. The van der Waals surface area contributed by atoms with Gasteiger partial charge in [-0.3, -0.25) is 14.4 Å². The fraction of sp³-hybridized carbons (Fsp3) is 0.474. The number of piperidine rings is 1. The Labute approximate surface area is 148 Å². The van der Waals surface area contributed by atoms with Crippen LogP contribution in [0.5, 0.6) is 0 Å². The summed E-state index contributed by atoms with van der Waals surface area (Å²) in [7, 11) is 1.82. The molecule has 6 heteroatoms. The van der Waals surface area contributed by atoms with Gasteiger partial charge in [-0.1, -0.05) is 30.3 Å². The average molecular weight is 342 g/mol. The van der Waals surface area contributed by atoms with E-state index in [0.717, 1.165) is 25.9 Å². The van der Waals surface area contributed by atoms with Crippen LogP contribution < -0.4 is 5.32 Å². The van der Waals surface area contributed by atoms with Crippen molar-refractivity contribution in [3.05, 3.63) is 48.2 Å². The third-order valence-corrected chi connectivity index (χ3v) is 4.81. The lowest BCUT2D eigenvalue weighted by molar-refractivity contribution is -0.117. The molecule has 134 valence electrons. The van der Waals surface area contributed by atoms with Crippen LogP contribution in [0.2, 0.25) is 0 Å². The number of amides is 1. The van der Waals surface area contributed by atoms with E-state index in [4.69, 9.17) is 0 Å². The maximum atomic E-state index is 12.1. The molecule has 1 amide bonds. The van der Waals surface area contributed by atoms with Crippen molar-refractivity contribution in [3.8, 4) is 0 Å². The number of anilines is 1. The molecule has 0 radical (unpaired) electrons. The SMILES string of the molecule is Cn1ccc(NC(=O)CN2CCC([C@H](O)Cc3ccccc3)CC2)n1. The van der Waals surface area contributed by atoms with Crippen molar-refractivity contribution in [1.29, 1.82) is 0 Å². The lowest BCUT2D eigenvalue weighted by Crippen LogP contribution is -2.42. The molecule has 25 heavy (non-hydrogen) atoms. The maximum Gasteiger partial charge on any atom is 0.239 e. The topological polar surface area (TPSA) is 70.4 Å². The first-order valence-electron chi connectivity index (χ1n) is 8.84. The molecule has 0 aliphatic carbocycles. The van der Waals surface area contributed by atoms with Gasteiger partial charge in [0.25, 0.3) is 0 Å². The van der Waals surface area contributed by atoms with Crippen LogP contribution in [0.15, 0.2) is 42.6 Å². The Balaban J connectivity index is 1.41. The van der Waals surface area contributed by atoms with Gasteiger partial charge in [-0.15, -0.1) is 0 Å². The first-order chi connectivity index (χ1) is 12.1. The zero-order valence-corrected chi connectivity index (χ0v) is 14.6. The van der Waals surface area contributed by atoms with Crippen LogP contribution in [-0.4, -0.2) is 51.4 Å². The summed E-state index contributed by atoms with van der Waals surface area (Å²) in [4.78, 5) is 14.2. The van der Waals surface area contributed by atoms with E-state index in [1.807, 2.05) is 25.2 Å². The summed E-state index contributed by atoms with van der Waals surface area (Å²) in [6, 6.07) is 11.9. The van der Waals surface area contributed by atoms with Crippen molar-refractivity contribution in [2.75, 3.05) is 25.0 Å². The molecule has 2 heterocycles. The number of aryl methyl sites for hydroxylation is 1. The number of aromatic nitrogens is 2. The highest BCUT2D eigenvalue weighted by molar-refractivity contribution is 5.91. The Kier molecular flexibility index (Phi) is 5.83. The quantitative estimate of drug-likeness (QED) is 0.838. The van der Waals surface area contributed by atoms with E-state index in [9.17, 15) is 9.90 Å². The molecular weight excluding hydrogens is 316 g/mol. The van der Waals surface area contributed by atoms with Crippen molar-refractivity contribution >= 4 is 11.7 Å². The molecule has 1 aliphatic rings.